The zero-order chi connectivity index (χ0) is 16.8. The summed E-state index contributed by atoms with van der Waals surface area (Å²) in [6.45, 7) is 3.00. The van der Waals surface area contributed by atoms with Crippen molar-refractivity contribution < 1.29 is 19.4 Å². The van der Waals surface area contributed by atoms with Gasteiger partial charge >= 0.3 is 5.97 Å². The molecule has 0 unspecified atom stereocenters. The van der Waals surface area contributed by atoms with Crippen molar-refractivity contribution in [2.45, 2.75) is 13.5 Å². The van der Waals surface area contributed by atoms with E-state index in [1.54, 1.807) is 25.3 Å². The molecule has 122 valence electrons. The predicted octanol–water partition coefficient (Wildman–Crippen LogP) is 4.17. The summed E-state index contributed by atoms with van der Waals surface area (Å²) in [5, 5.41) is 12.2. The highest BCUT2D eigenvalue weighted by molar-refractivity contribution is 9.10. The molecule has 6 heteroatoms. The summed E-state index contributed by atoms with van der Waals surface area (Å²) in [5.74, 6) is 0.378. The lowest BCUT2D eigenvalue weighted by molar-refractivity contribution is 0.0697. The first-order chi connectivity index (χ1) is 11.0. The molecule has 0 aliphatic rings. The number of carbonyl (C=O) groups is 1. The fourth-order valence-electron chi connectivity index (χ4n) is 2.13. The summed E-state index contributed by atoms with van der Waals surface area (Å²) in [7, 11) is 1.60. The molecule has 0 aliphatic heterocycles. The summed E-state index contributed by atoms with van der Waals surface area (Å²) in [6.07, 6.45) is 0. The molecule has 23 heavy (non-hydrogen) atoms. The van der Waals surface area contributed by atoms with Gasteiger partial charge in [0.2, 0.25) is 0 Å². The van der Waals surface area contributed by atoms with Gasteiger partial charge in [-0.25, -0.2) is 4.79 Å². The number of hydrogen-bond acceptors (Lipinski definition) is 4. The van der Waals surface area contributed by atoms with Crippen molar-refractivity contribution in [2.75, 3.05) is 19.0 Å². The molecule has 0 heterocycles. The molecule has 0 aromatic heterocycles. The third-order valence-electron chi connectivity index (χ3n) is 3.18. The van der Waals surface area contributed by atoms with Gasteiger partial charge in [-0.3, -0.25) is 0 Å². The van der Waals surface area contributed by atoms with Crippen LogP contribution in [0.15, 0.2) is 40.9 Å². The SMILES string of the molecule is CCOc1c(Br)cc(CNc2cccc(C(=O)O)c2)cc1OC. The van der Waals surface area contributed by atoms with Crippen LogP contribution >= 0.6 is 15.9 Å². The Morgan fingerprint density at radius 2 is 2.09 bits per heavy atom. The van der Waals surface area contributed by atoms with E-state index in [0.717, 1.165) is 15.7 Å². The van der Waals surface area contributed by atoms with Gasteiger partial charge in [0, 0.05) is 12.2 Å². The third-order valence-corrected chi connectivity index (χ3v) is 3.77. The predicted molar refractivity (Wildman–Crippen MR) is 92.6 cm³/mol. The molecule has 2 aromatic carbocycles. The number of carboxylic acid groups (broad SMARTS) is 1. The Morgan fingerprint density at radius 1 is 1.30 bits per heavy atom. The van der Waals surface area contributed by atoms with E-state index in [0.29, 0.717) is 24.7 Å². The number of nitrogens with one attached hydrogen (secondary N) is 1. The Morgan fingerprint density at radius 3 is 2.74 bits per heavy atom. The molecule has 0 saturated carbocycles. The average Bonchev–Trinajstić information content (AvgIpc) is 2.55. The van der Waals surface area contributed by atoms with Crippen LogP contribution in [0, 0.1) is 0 Å². The van der Waals surface area contributed by atoms with E-state index >= 15 is 0 Å². The Bertz CT molecular complexity index is 703. The Balaban J connectivity index is 2.16. The quantitative estimate of drug-likeness (QED) is 0.755. The van der Waals surface area contributed by atoms with Crippen molar-refractivity contribution in [3.63, 3.8) is 0 Å². The highest BCUT2D eigenvalue weighted by Crippen LogP contribution is 2.36. The largest absolute Gasteiger partial charge is 0.493 e. The zero-order valence-corrected chi connectivity index (χ0v) is 14.5. The van der Waals surface area contributed by atoms with Crippen LogP contribution in [0.1, 0.15) is 22.8 Å². The number of anilines is 1. The van der Waals surface area contributed by atoms with Crippen LogP contribution < -0.4 is 14.8 Å². The molecule has 0 spiro atoms. The fourth-order valence-corrected chi connectivity index (χ4v) is 2.73. The van der Waals surface area contributed by atoms with Crippen LogP contribution in [0.5, 0.6) is 11.5 Å². The van der Waals surface area contributed by atoms with Crippen LogP contribution in [-0.4, -0.2) is 24.8 Å². The lowest BCUT2D eigenvalue weighted by Gasteiger charge is -2.14. The summed E-state index contributed by atoms with van der Waals surface area (Å²) in [5.41, 5.74) is 1.98. The van der Waals surface area contributed by atoms with Crippen LogP contribution in [0.2, 0.25) is 0 Å². The Labute approximate surface area is 143 Å². The second kappa shape index (κ2) is 7.87. The van der Waals surface area contributed by atoms with E-state index in [4.69, 9.17) is 14.6 Å². The van der Waals surface area contributed by atoms with Crippen LogP contribution in [-0.2, 0) is 6.54 Å². The number of carboxylic acids is 1. The molecular weight excluding hydrogens is 362 g/mol. The zero-order valence-electron chi connectivity index (χ0n) is 12.9. The van der Waals surface area contributed by atoms with E-state index < -0.39 is 5.97 Å². The lowest BCUT2D eigenvalue weighted by atomic mass is 10.1. The maximum Gasteiger partial charge on any atom is 0.335 e. The smallest absolute Gasteiger partial charge is 0.335 e. The number of benzene rings is 2. The number of aromatic carboxylic acids is 1. The minimum absolute atomic E-state index is 0.250. The maximum atomic E-state index is 11.0. The van der Waals surface area contributed by atoms with E-state index in [1.165, 1.54) is 0 Å². The van der Waals surface area contributed by atoms with Gasteiger partial charge in [0.15, 0.2) is 11.5 Å². The first kappa shape index (κ1) is 17.1. The highest BCUT2D eigenvalue weighted by Gasteiger charge is 2.11. The van der Waals surface area contributed by atoms with Gasteiger partial charge in [0.1, 0.15) is 0 Å². The minimum atomic E-state index is -0.945. The topological polar surface area (TPSA) is 67.8 Å². The molecule has 0 radical (unpaired) electrons. The maximum absolute atomic E-state index is 11.0. The minimum Gasteiger partial charge on any atom is -0.493 e. The number of hydrogen-bond donors (Lipinski definition) is 2. The summed E-state index contributed by atoms with van der Waals surface area (Å²) >= 11 is 3.49. The van der Waals surface area contributed by atoms with Crippen LogP contribution in [0.25, 0.3) is 0 Å². The van der Waals surface area contributed by atoms with Crippen molar-refractivity contribution in [3.8, 4) is 11.5 Å². The number of ether oxygens (including phenoxy) is 2. The molecule has 0 bridgehead atoms. The normalized spacial score (nSPS) is 10.2. The molecule has 0 fully saturated rings. The van der Waals surface area contributed by atoms with Crippen molar-refractivity contribution in [1.29, 1.82) is 0 Å². The summed E-state index contributed by atoms with van der Waals surface area (Å²) in [6, 6.07) is 10.5. The molecule has 2 N–H and O–H groups in total. The standard InChI is InChI=1S/C17H18BrNO4/c1-3-23-16-14(18)7-11(8-15(16)22-2)10-19-13-6-4-5-12(9-13)17(20)21/h4-9,19H,3,10H2,1-2H3,(H,20,21). The monoisotopic (exact) mass is 379 g/mol. The number of halogens is 1. The van der Waals surface area contributed by atoms with Crippen molar-refractivity contribution >= 4 is 27.6 Å². The van der Waals surface area contributed by atoms with E-state index in [1.807, 2.05) is 25.1 Å². The Hall–Kier alpha value is -2.21. The first-order valence-corrected chi connectivity index (χ1v) is 7.91. The molecule has 2 rings (SSSR count). The highest BCUT2D eigenvalue weighted by atomic mass is 79.9. The second-order valence-corrected chi connectivity index (χ2v) is 5.64. The molecule has 2 aromatic rings. The van der Waals surface area contributed by atoms with Gasteiger partial charge in [-0.1, -0.05) is 6.07 Å². The number of methoxy groups -OCH3 is 1. The van der Waals surface area contributed by atoms with Crippen molar-refractivity contribution in [2.24, 2.45) is 0 Å². The Kier molecular flexibility index (Phi) is 5.87. The van der Waals surface area contributed by atoms with E-state index in [2.05, 4.69) is 21.2 Å². The van der Waals surface area contributed by atoms with Gasteiger partial charge in [0.25, 0.3) is 0 Å². The third kappa shape index (κ3) is 4.39. The van der Waals surface area contributed by atoms with E-state index in [9.17, 15) is 4.79 Å². The molecule has 5 nitrogen and oxygen atoms in total. The number of rotatable bonds is 7. The van der Waals surface area contributed by atoms with Gasteiger partial charge in [-0.2, -0.15) is 0 Å². The fraction of sp³-hybridized carbons (Fsp3) is 0.235. The van der Waals surface area contributed by atoms with Crippen LogP contribution in [0.4, 0.5) is 5.69 Å². The van der Waals surface area contributed by atoms with E-state index in [-0.39, 0.29) is 5.56 Å². The van der Waals surface area contributed by atoms with Gasteiger partial charge in [-0.05, 0) is 58.7 Å². The van der Waals surface area contributed by atoms with Crippen molar-refractivity contribution in [3.05, 3.63) is 52.0 Å². The summed E-state index contributed by atoms with van der Waals surface area (Å²) < 4.78 is 11.7. The van der Waals surface area contributed by atoms with Crippen molar-refractivity contribution in [1.82, 2.24) is 0 Å². The molecule has 0 amide bonds. The van der Waals surface area contributed by atoms with Gasteiger partial charge < -0.3 is 19.9 Å². The summed E-state index contributed by atoms with van der Waals surface area (Å²) in [4.78, 5) is 11.0. The molecule has 0 aliphatic carbocycles. The second-order valence-electron chi connectivity index (χ2n) is 4.78. The average molecular weight is 380 g/mol. The lowest BCUT2D eigenvalue weighted by Crippen LogP contribution is -2.03. The first-order valence-electron chi connectivity index (χ1n) is 7.11. The molecule has 0 saturated heterocycles. The van der Waals surface area contributed by atoms with Gasteiger partial charge in [0.05, 0.1) is 23.8 Å². The van der Waals surface area contributed by atoms with Gasteiger partial charge in [-0.15, -0.1) is 0 Å². The van der Waals surface area contributed by atoms with Crippen LogP contribution in [0.3, 0.4) is 0 Å². The molecular formula is C17H18BrNO4. The molecule has 0 atom stereocenters.